The highest BCUT2D eigenvalue weighted by Crippen LogP contribution is 2.39. The number of carbonyl (C=O) groups is 3. The highest BCUT2D eigenvalue weighted by Gasteiger charge is 2.42. The minimum atomic E-state index is -4.58. The summed E-state index contributed by atoms with van der Waals surface area (Å²) in [5, 5.41) is 7.73. The second kappa shape index (κ2) is 11.2. The lowest BCUT2D eigenvalue weighted by Crippen LogP contribution is -2.42. The normalized spacial score (nSPS) is 21.0. The molecule has 1 aliphatic carbocycles. The smallest absolute Gasteiger partial charge is 0.416 e. The molecule has 2 amide bonds. The van der Waals surface area contributed by atoms with E-state index in [0.717, 1.165) is 17.8 Å². The number of alkyl halides is 3. The maximum Gasteiger partial charge on any atom is 0.416 e. The first-order chi connectivity index (χ1) is 19.0. The molecule has 3 aromatic rings. The minimum absolute atomic E-state index is 0.00209. The second-order valence-electron chi connectivity index (χ2n) is 9.60. The van der Waals surface area contributed by atoms with Crippen LogP contribution in [0.5, 0.6) is 0 Å². The monoisotopic (exact) mass is 592 g/mol. The number of nitrogens with zero attached hydrogens (tertiary/aromatic N) is 4. The SMILES string of the molecule is CCOC(=O)C1CCC(N2C(=O)SC(=Cc3ccc4c(c3)nnn4Cc3ccc(Cl)cc3C(F)(F)F)C2=O)CC1. The van der Waals surface area contributed by atoms with E-state index in [1.165, 1.54) is 21.7 Å². The zero-order valence-corrected chi connectivity index (χ0v) is 22.9. The average Bonchev–Trinajstić information content (AvgIpc) is 3.43. The number of aromatic nitrogens is 3. The molecule has 2 fully saturated rings. The van der Waals surface area contributed by atoms with Crippen LogP contribution in [0.15, 0.2) is 41.3 Å². The van der Waals surface area contributed by atoms with Crippen LogP contribution in [0.4, 0.5) is 18.0 Å². The van der Waals surface area contributed by atoms with Gasteiger partial charge in [0.05, 0.1) is 35.1 Å². The van der Waals surface area contributed by atoms with Crippen molar-refractivity contribution in [3.63, 3.8) is 0 Å². The lowest BCUT2D eigenvalue weighted by Gasteiger charge is -2.31. The number of hydrogen-bond donors (Lipinski definition) is 0. The number of thioether (sulfide) groups is 1. The number of carbonyl (C=O) groups excluding carboxylic acids is 3. The van der Waals surface area contributed by atoms with E-state index in [9.17, 15) is 27.6 Å². The molecule has 0 bridgehead atoms. The fraction of sp³-hybridized carbons (Fsp3) is 0.370. The number of hydrogen-bond acceptors (Lipinski definition) is 7. The van der Waals surface area contributed by atoms with E-state index in [1.54, 1.807) is 31.2 Å². The van der Waals surface area contributed by atoms with Crippen LogP contribution in [0.25, 0.3) is 17.1 Å². The molecule has 1 aliphatic heterocycles. The van der Waals surface area contributed by atoms with Crippen molar-refractivity contribution >= 4 is 57.6 Å². The van der Waals surface area contributed by atoms with Crippen LogP contribution in [-0.2, 0) is 27.0 Å². The van der Waals surface area contributed by atoms with Gasteiger partial charge in [0.15, 0.2) is 0 Å². The molecule has 2 aliphatic rings. The van der Waals surface area contributed by atoms with Gasteiger partial charge in [0.1, 0.15) is 5.52 Å². The zero-order valence-electron chi connectivity index (χ0n) is 21.3. The van der Waals surface area contributed by atoms with Crippen molar-refractivity contribution in [1.82, 2.24) is 19.9 Å². The Labute approximate surface area is 236 Å². The van der Waals surface area contributed by atoms with E-state index >= 15 is 0 Å². The van der Waals surface area contributed by atoms with Crippen molar-refractivity contribution < 1.29 is 32.3 Å². The Bertz CT molecular complexity index is 1520. The number of halogens is 4. The largest absolute Gasteiger partial charge is 0.466 e. The third kappa shape index (κ3) is 5.73. The maximum absolute atomic E-state index is 13.5. The summed E-state index contributed by atoms with van der Waals surface area (Å²) in [5.41, 5.74) is 0.682. The van der Waals surface area contributed by atoms with Gasteiger partial charge >= 0.3 is 12.1 Å². The van der Waals surface area contributed by atoms with Gasteiger partial charge in [0.2, 0.25) is 0 Å². The molecule has 1 aromatic heterocycles. The Morgan fingerprint density at radius 2 is 1.90 bits per heavy atom. The maximum atomic E-state index is 13.5. The quantitative estimate of drug-likeness (QED) is 0.244. The van der Waals surface area contributed by atoms with Crippen molar-refractivity contribution in [3.8, 4) is 0 Å². The standard InChI is InChI=1S/C27H24ClF3N4O4S/c1-2-39-25(37)16-5-8-19(9-6-16)35-24(36)23(40-26(35)38)12-15-3-10-22-21(11-15)32-33-34(22)14-17-4-7-18(28)13-20(17)27(29,30)31/h3-4,7,10-13,16,19H,2,5-6,8-9,14H2,1H3. The molecule has 0 atom stereocenters. The minimum Gasteiger partial charge on any atom is -0.466 e. The summed E-state index contributed by atoms with van der Waals surface area (Å²) in [6.45, 7) is 1.90. The Hall–Kier alpha value is -3.38. The van der Waals surface area contributed by atoms with Crippen LogP contribution in [-0.4, -0.2) is 49.7 Å². The average molecular weight is 593 g/mol. The van der Waals surface area contributed by atoms with Gasteiger partial charge in [-0.25, -0.2) is 4.68 Å². The summed E-state index contributed by atoms with van der Waals surface area (Å²) < 4.78 is 47.0. The van der Waals surface area contributed by atoms with Crippen molar-refractivity contribution in [2.24, 2.45) is 5.92 Å². The van der Waals surface area contributed by atoms with Gasteiger partial charge in [-0.2, -0.15) is 13.2 Å². The van der Waals surface area contributed by atoms with Crippen LogP contribution >= 0.6 is 23.4 Å². The van der Waals surface area contributed by atoms with E-state index < -0.39 is 11.7 Å². The molecule has 0 spiro atoms. The van der Waals surface area contributed by atoms with Crippen LogP contribution in [0.3, 0.4) is 0 Å². The fourth-order valence-corrected chi connectivity index (χ4v) is 6.15. The van der Waals surface area contributed by atoms with Crippen molar-refractivity contribution in [1.29, 1.82) is 0 Å². The van der Waals surface area contributed by atoms with Gasteiger partial charge in [0, 0.05) is 11.1 Å². The summed E-state index contributed by atoms with van der Waals surface area (Å²) in [7, 11) is 0. The summed E-state index contributed by atoms with van der Waals surface area (Å²) >= 11 is 6.63. The topological polar surface area (TPSA) is 94.4 Å². The molecule has 13 heteroatoms. The molecule has 0 unspecified atom stereocenters. The lowest BCUT2D eigenvalue weighted by molar-refractivity contribution is -0.149. The molecule has 0 radical (unpaired) electrons. The van der Waals surface area contributed by atoms with Gasteiger partial charge < -0.3 is 4.74 Å². The summed E-state index contributed by atoms with van der Waals surface area (Å²) in [5.74, 6) is -0.844. The van der Waals surface area contributed by atoms with Gasteiger partial charge in [0.25, 0.3) is 11.1 Å². The number of benzene rings is 2. The van der Waals surface area contributed by atoms with Gasteiger partial charge in [-0.1, -0.05) is 28.9 Å². The van der Waals surface area contributed by atoms with Crippen LogP contribution in [0.2, 0.25) is 5.02 Å². The first kappa shape index (κ1) is 28.2. The highest BCUT2D eigenvalue weighted by molar-refractivity contribution is 8.18. The molecule has 8 nitrogen and oxygen atoms in total. The second-order valence-corrected chi connectivity index (χ2v) is 11.0. The molecule has 2 heterocycles. The number of esters is 1. The Kier molecular flexibility index (Phi) is 7.92. The first-order valence-electron chi connectivity index (χ1n) is 12.7. The Balaban J connectivity index is 1.31. The van der Waals surface area contributed by atoms with E-state index in [4.69, 9.17) is 16.3 Å². The molecular weight excluding hydrogens is 569 g/mol. The molecule has 0 N–H and O–H groups in total. The molecule has 40 heavy (non-hydrogen) atoms. The number of rotatable bonds is 6. The van der Waals surface area contributed by atoms with E-state index in [2.05, 4.69) is 10.3 Å². The third-order valence-corrected chi connectivity index (χ3v) is 8.16. The van der Waals surface area contributed by atoms with Crippen LogP contribution < -0.4 is 0 Å². The van der Waals surface area contributed by atoms with E-state index in [1.807, 2.05) is 0 Å². The number of ether oxygens (including phenoxy) is 1. The van der Waals surface area contributed by atoms with Crippen molar-refractivity contribution in [3.05, 3.63) is 63.0 Å². The molecule has 1 saturated carbocycles. The molecule has 210 valence electrons. The number of amides is 2. The molecule has 1 saturated heterocycles. The van der Waals surface area contributed by atoms with Crippen molar-refractivity contribution in [2.75, 3.05) is 6.61 Å². The lowest BCUT2D eigenvalue weighted by atomic mass is 9.85. The van der Waals surface area contributed by atoms with Gasteiger partial charge in [-0.15, -0.1) is 5.10 Å². The first-order valence-corrected chi connectivity index (χ1v) is 13.9. The summed E-state index contributed by atoms with van der Waals surface area (Å²) in [4.78, 5) is 39.4. The number of imide groups is 1. The fourth-order valence-electron chi connectivity index (χ4n) is 5.08. The Morgan fingerprint density at radius 3 is 2.60 bits per heavy atom. The van der Waals surface area contributed by atoms with E-state index in [0.29, 0.717) is 48.9 Å². The predicted molar refractivity (Wildman–Crippen MR) is 143 cm³/mol. The van der Waals surface area contributed by atoms with E-state index in [-0.39, 0.29) is 51.1 Å². The zero-order chi connectivity index (χ0) is 28.6. The van der Waals surface area contributed by atoms with Crippen LogP contribution in [0, 0.1) is 5.92 Å². The molecule has 2 aromatic carbocycles. The van der Waals surface area contributed by atoms with Crippen molar-refractivity contribution in [2.45, 2.75) is 51.4 Å². The third-order valence-electron chi connectivity index (χ3n) is 7.04. The Morgan fingerprint density at radius 1 is 1.15 bits per heavy atom. The number of fused-ring (bicyclic) bond motifs is 1. The summed E-state index contributed by atoms with van der Waals surface area (Å²) in [6, 6.07) is 8.31. The predicted octanol–water partition coefficient (Wildman–Crippen LogP) is 6.31. The van der Waals surface area contributed by atoms with Gasteiger partial charge in [-0.05, 0) is 85.8 Å². The molecule has 5 rings (SSSR count). The van der Waals surface area contributed by atoms with Gasteiger partial charge in [-0.3, -0.25) is 19.3 Å². The summed E-state index contributed by atoms with van der Waals surface area (Å²) in [6.07, 6.45) is -0.809. The highest BCUT2D eigenvalue weighted by atomic mass is 35.5. The molecular formula is C27H24ClF3N4O4S. The van der Waals surface area contributed by atoms with Crippen LogP contribution in [0.1, 0.15) is 49.3 Å².